The number of ether oxygens (including phenoxy) is 1. The lowest BCUT2D eigenvalue weighted by Gasteiger charge is -2.28. The summed E-state index contributed by atoms with van der Waals surface area (Å²) < 4.78 is 5.72. The first-order valence-corrected chi connectivity index (χ1v) is 10.2. The quantitative estimate of drug-likeness (QED) is 0.659. The van der Waals surface area contributed by atoms with Crippen LogP contribution in [0.1, 0.15) is 24.0 Å². The number of thioether (sulfide) groups is 1. The van der Waals surface area contributed by atoms with Gasteiger partial charge in [0.05, 0.1) is 6.04 Å². The van der Waals surface area contributed by atoms with Gasteiger partial charge in [0.15, 0.2) is 0 Å². The van der Waals surface area contributed by atoms with E-state index in [0.717, 1.165) is 11.3 Å². The van der Waals surface area contributed by atoms with Gasteiger partial charge in [0, 0.05) is 18.7 Å². The Hall–Kier alpha value is -2.20. The van der Waals surface area contributed by atoms with E-state index in [2.05, 4.69) is 43.0 Å². The standard InChI is InChI=1S/C22H25NO2S/c1-15(2)21(14-26-4)23(3)22(24)25-13-20-18-11-7-5-9-16(18)17-10-6-8-12-19(17)20/h5-12,20-21H,1,13-14H2,2-4H3. The molecule has 2 aromatic carbocycles. The molecule has 0 fully saturated rings. The van der Waals surface area contributed by atoms with Crippen molar-refractivity contribution in [1.82, 2.24) is 4.90 Å². The van der Waals surface area contributed by atoms with Crippen LogP contribution in [0.25, 0.3) is 11.1 Å². The van der Waals surface area contributed by atoms with E-state index < -0.39 is 0 Å². The number of hydrogen-bond acceptors (Lipinski definition) is 3. The molecule has 0 radical (unpaired) electrons. The molecule has 0 aliphatic heterocycles. The highest BCUT2D eigenvalue weighted by molar-refractivity contribution is 7.98. The molecule has 0 heterocycles. The molecule has 1 amide bonds. The maximum atomic E-state index is 12.6. The third kappa shape index (κ3) is 3.51. The molecule has 4 heteroatoms. The van der Waals surface area contributed by atoms with E-state index in [1.54, 1.807) is 23.7 Å². The zero-order valence-electron chi connectivity index (χ0n) is 15.6. The van der Waals surface area contributed by atoms with Crippen molar-refractivity contribution in [3.05, 3.63) is 71.8 Å². The molecule has 2 aromatic rings. The summed E-state index contributed by atoms with van der Waals surface area (Å²) in [6.07, 6.45) is 1.73. The first-order valence-electron chi connectivity index (χ1n) is 8.76. The van der Waals surface area contributed by atoms with Gasteiger partial charge < -0.3 is 9.64 Å². The van der Waals surface area contributed by atoms with Crippen molar-refractivity contribution in [3.63, 3.8) is 0 Å². The van der Waals surface area contributed by atoms with Crippen molar-refractivity contribution >= 4 is 17.9 Å². The van der Waals surface area contributed by atoms with Crippen molar-refractivity contribution in [3.8, 4) is 11.1 Å². The van der Waals surface area contributed by atoms with E-state index in [4.69, 9.17) is 4.74 Å². The Morgan fingerprint density at radius 2 is 1.69 bits per heavy atom. The van der Waals surface area contributed by atoms with Gasteiger partial charge >= 0.3 is 6.09 Å². The van der Waals surface area contributed by atoms with Crippen LogP contribution in [0.5, 0.6) is 0 Å². The van der Waals surface area contributed by atoms with Gasteiger partial charge in [-0.05, 0) is 35.4 Å². The maximum absolute atomic E-state index is 12.6. The number of rotatable bonds is 6. The Bertz CT molecular complexity index is 772. The number of carbonyl (C=O) groups is 1. The second-order valence-corrected chi connectivity index (χ2v) is 7.64. The topological polar surface area (TPSA) is 29.5 Å². The lowest BCUT2D eigenvalue weighted by Crippen LogP contribution is -2.40. The van der Waals surface area contributed by atoms with Crippen LogP contribution in [0, 0.1) is 0 Å². The minimum absolute atomic E-state index is 0.0133. The van der Waals surface area contributed by atoms with Gasteiger partial charge in [0.25, 0.3) is 0 Å². The monoisotopic (exact) mass is 367 g/mol. The molecule has 1 aliphatic rings. The average Bonchev–Trinajstić information content (AvgIpc) is 2.97. The first-order chi connectivity index (χ1) is 12.5. The minimum atomic E-state index is -0.297. The van der Waals surface area contributed by atoms with Crippen LogP contribution < -0.4 is 0 Å². The summed E-state index contributed by atoms with van der Waals surface area (Å²) in [5, 5.41) is 0. The van der Waals surface area contributed by atoms with Gasteiger partial charge in [-0.3, -0.25) is 0 Å². The lowest BCUT2D eigenvalue weighted by molar-refractivity contribution is 0.102. The summed E-state index contributed by atoms with van der Waals surface area (Å²) in [6, 6.07) is 16.7. The number of nitrogens with zero attached hydrogens (tertiary/aromatic N) is 1. The highest BCUT2D eigenvalue weighted by atomic mass is 32.2. The zero-order valence-corrected chi connectivity index (χ0v) is 16.4. The lowest BCUT2D eigenvalue weighted by atomic mass is 9.98. The van der Waals surface area contributed by atoms with Crippen molar-refractivity contribution in [2.75, 3.05) is 25.7 Å². The van der Waals surface area contributed by atoms with Gasteiger partial charge in [-0.25, -0.2) is 4.79 Å². The molecule has 1 atom stereocenters. The number of amides is 1. The third-order valence-corrected chi connectivity index (χ3v) is 5.63. The molecule has 0 N–H and O–H groups in total. The van der Waals surface area contributed by atoms with E-state index >= 15 is 0 Å². The predicted octanol–water partition coefficient (Wildman–Crippen LogP) is 5.18. The highest BCUT2D eigenvalue weighted by Gasteiger charge is 2.30. The molecule has 26 heavy (non-hydrogen) atoms. The van der Waals surface area contributed by atoms with Crippen LogP contribution in [0.2, 0.25) is 0 Å². The molecule has 3 nitrogen and oxygen atoms in total. The normalized spacial score (nSPS) is 13.7. The Kier molecular flexibility index (Phi) is 5.72. The van der Waals surface area contributed by atoms with Gasteiger partial charge in [0.1, 0.15) is 6.61 Å². The van der Waals surface area contributed by atoms with Gasteiger partial charge in [0.2, 0.25) is 0 Å². The summed E-state index contributed by atoms with van der Waals surface area (Å²) in [6.45, 7) is 6.31. The highest BCUT2D eigenvalue weighted by Crippen LogP contribution is 2.44. The number of hydrogen-bond donors (Lipinski definition) is 0. The van der Waals surface area contributed by atoms with Crippen molar-refractivity contribution in [1.29, 1.82) is 0 Å². The molecule has 1 unspecified atom stereocenters. The molecule has 0 spiro atoms. The van der Waals surface area contributed by atoms with E-state index in [9.17, 15) is 4.79 Å². The van der Waals surface area contributed by atoms with Gasteiger partial charge in [-0.1, -0.05) is 60.7 Å². The summed E-state index contributed by atoms with van der Waals surface area (Å²) in [5.74, 6) is 0.902. The van der Waals surface area contributed by atoms with Gasteiger partial charge in [-0.2, -0.15) is 11.8 Å². The molecule has 136 valence electrons. The zero-order chi connectivity index (χ0) is 18.7. The number of likely N-dealkylation sites (N-methyl/N-ethyl adjacent to an activating group) is 1. The molecule has 0 saturated heterocycles. The van der Waals surface area contributed by atoms with Crippen molar-refractivity contribution in [2.45, 2.75) is 18.9 Å². The Labute approximate surface area is 160 Å². The second kappa shape index (κ2) is 8.00. The van der Waals surface area contributed by atoms with Crippen molar-refractivity contribution < 1.29 is 9.53 Å². The maximum Gasteiger partial charge on any atom is 0.410 e. The Morgan fingerprint density at radius 1 is 1.15 bits per heavy atom. The fraction of sp³-hybridized carbons (Fsp3) is 0.318. The summed E-state index contributed by atoms with van der Waals surface area (Å²) in [5.41, 5.74) is 5.89. The summed E-state index contributed by atoms with van der Waals surface area (Å²) in [7, 11) is 1.79. The van der Waals surface area contributed by atoms with E-state index in [0.29, 0.717) is 6.61 Å². The minimum Gasteiger partial charge on any atom is -0.448 e. The Balaban J connectivity index is 1.75. The molecular weight excluding hydrogens is 342 g/mol. The second-order valence-electron chi connectivity index (χ2n) is 6.73. The predicted molar refractivity (Wildman–Crippen MR) is 110 cm³/mol. The molecule has 0 saturated carbocycles. The van der Waals surface area contributed by atoms with Crippen LogP contribution in [0.3, 0.4) is 0 Å². The van der Waals surface area contributed by atoms with Gasteiger partial charge in [-0.15, -0.1) is 0 Å². The van der Waals surface area contributed by atoms with Crippen LogP contribution >= 0.6 is 11.8 Å². The van der Waals surface area contributed by atoms with E-state index in [1.165, 1.54) is 22.3 Å². The molecule has 0 bridgehead atoms. The molecule has 3 rings (SSSR count). The average molecular weight is 368 g/mol. The molecular formula is C22H25NO2S. The van der Waals surface area contributed by atoms with E-state index in [1.807, 2.05) is 25.3 Å². The Morgan fingerprint density at radius 3 is 2.19 bits per heavy atom. The molecule has 0 aromatic heterocycles. The van der Waals surface area contributed by atoms with E-state index in [-0.39, 0.29) is 18.1 Å². The third-order valence-electron chi connectivity index (χ3n) is 4.98. The first kappa shape index (κ1) is 18.6. The summed E-state index contributed by atoms with van der Waals surface area (Å²) in [4.78, 5) is 14.3. The van der Waals surface area contributed by atoms with Crippen LogP contribution in [-0.4, -0.2) is 42.7 Å². The smallest absolute Gasteiger partial charge is 0.410 e. The van der Waals surface area contributed by atoms with Crippen LogP contribution in [0.15, 0.2) is 60.7 Å². The number of benzene rings is 2. The number of fused-ring (bicyclic) bond motifs is 3. The molecule has 1 aliphatic carbocycles. The van der Waals surface area contributed by atoms with Crippen LogP contribution in [0.4, 0.5) is 4.79 Å². The SMILES string of the molecule is C=C(C)C(CSC)N(C)C(=O)OCC1c2ccccc2-c2ccccc21. The fourth-order valence-corrected chi connectivity index (χ4v) is 4.39. The number of carbonyl (C=O) groups excluding carboxylic acids is 1. The fourth-order valence-electron chi connectivity index (χ4n) is 3.57. The largest absolute Gasteiger partial charge is 0.448 e. The van der Waals surface area contributed by atoms with Crippen molar-refractivity contribution in [2.24, 2.45) is 0 Å². The van der Waals surface area contributed by atoms with Crippen LogP contribution in [-0.2, 0) is 4.74 Å². The summed E-state index contributed by atoms with van der Waals surface area (Å²) >= 11 is 1.70.